The molecule has 0 aliphatic rings. The van der Waals surface area contributed by atoms with E-state index < -0.39 is 6.67 Å². The van der Waals surface area contributed by atoms with Gasteiger partial charge in [0.1, 0.15) is 6.67 Å². The first kappa shape index (κ1) is 11.3. The van der Waals surface area contributed by atoms with Gasteiger partial charge in [-0.1, -0.05) is 0 Å². The number of anilines is 1. The van der Waals surface area contributed by atoms with E-state index in [-0.39, 0.29) is 12.5 Å². The number of rotatable bonds is 4. The highest BCUT2D eigenvalue weighted by atomic mass is 19.1. The maximum atomic E-state index is 12.1. The third kappa shape index (κ3) is 2.68. The van der Waals surface area contributed by atoms with Gasteiger partial charge in [0.15, 0.2) is 5.69 Å². The number of H-pyrrole nitrogens is 1. The van der Waals surface area contributed by atoms with Gasteiger partial charge >= 0.3 is 0 Å². The van der Waals surface area contributed by atoms with E-state index in [0.29, 0.717) is 11.4 Å². The van der Waals surface area contributed by atoms with Gasteiger partial charge in [0, 0.05) is 11.9 Å². The fourth-order valence-corrected chi connectivity index (χ4v) is 1.37. The average molecular weight is 237 g/mol. The van der Waals surface area contributed by atoms with E-state index in [1.165, 1.54) is 10.9 Å². The summed E-state index contributed by atoms with van der Waals surface area (Å²) in [5.74, 6) is -0.325. The molecule has 0 radical (unpaired) electrons. The van der Waals surface area contributed by atoms with Crippen molar-refractivity contribution >= 4 is 11.6 Å². The molecule has 2 aromatic rings. The van der Waals surface area contributed by atoms with Crippen LogP contribution in [-0.4, -0.2) is 32.6 Å². The zero-order valence-electron chi connectivity index (χ0n) is 9.27. The molecule has 7 heteroatoms. The number of halogens is 1. The van der Waals surface area contributed by atoms with Crippen LogP contribution < -0.4 is 5.32 Å². The van der Waals surface area contributed by atoms with Crippen molar-refractivity contribution in [3.8, 4) is 0 Å². The molecule has 0 fully saturated rings. The van der Waals surface area contributed by atoms with Crippen LogP contribution in [0.25, 0.3) is 0 Å². The number of aromatic nitrogens is 4. The molecular weight excluding hydrogens is 225 g/mol. The third-order valence-electron chi connectivity index (χ3n) is 2.14. The largest absolute Gasteiger partial charge is 0.318 e. The summed E-state index contributed by atoms with van der Waals surface area (Å²) in [6, 6.07) is 1.64. The van der Waals surface area contributed by atoms with Crippen molar-refractivity contribution in [3.05, 3.63) is 29.8 Å². The van der Waals surface area contributed by atoms with Crippen LogP contribution in [0.2, 0.25) is 0 Å². The lowest BCUT2D eigenvalue weighted by Crippen LogP contribution is -2.11. The molecule has 2 heterocycles. The molecule has 0 spiro atoms. The highest BCUT2D eigenvalue weighted by molar-refractivity contribution is 6.02. The van der Waals surface area contributed by atoms with Gasteiger partial charge in [-0.3, -0.25) is 14.6 Å². The number of alkyl halides is 1. The number of carbonyl (C=O) groups excluding carboxylic acids is 1. The van der Waals surface area contributed by atoms with Crippen LogP contribution in [0, 0.1) is 6.92 Å². The number of nitrogens with zero attached hydrogens (tertiary/aromatic N) is 3. The minimum absolute atomic E-state index is 0.178. The lowest BCUT2D eigenvalue weighted by atomic mass is 10.3. The molecule has 0 aliphatic carbocycles. The minimum Gasteiger partial charge on any atom is -0.318 e. The molecule has 0 atom stereocenters. The standard InChI is InChI=1S/C10H12FN5O/c1-7-4-9(15-14-7)10(17)13-8-5-12-16(6-8)3-2-11/h4-6H,2-3H2,1H3,(H,13,17)(H,14,15). The molecule has 0 aliphatic heterocycles. The second-order valence-electron chi connectivity index (χ2n) is 3.57. The molecule has 90 valence electrons. The van der Waals surface area contributed by atoms with Crippen LogP contribution in [0.3, 0.4) is 0 Å². The van der Waals surface area contributed by atoms with Crippen LogP contribution in [0.15, 0.2) is 18.5 Å². The molecule has 0 unspecified atom stereocenters. The Labute approximate surface area is 96.8 Å². The summed E-state index contributed by atoms with van der Waals surface area (Å²) in [7, 11) is 0. The molecule has 6 nitrogen and oxygen atoms in total. The van der Waals surface area contributed by atoms with Crippen molar-refractivity contribution < 1.29 is 9.18 Å². The summed E-state index contributed by atoms with van der Waals surface area (Å²) < 4.78 is 13.5. The SMILES string of the molecule is Cc1cc(C(=O)Nc2cnn(CCF)c2)n[nH]1. The number of amides is 1. The van der Waals surface area contributed by atoms with E-state index in [9.17, 15) is 9.18 Å². The van der Waals surface area contributed by atoms with Gasteiger partial charge in [-0.25, -0.2) is 4.39 Å². The number of hydrogen-bond donors (Lipinski definition) is 2. The number of aromatic amines is 1. The normalized spacial score (nSPS) is 10.5. The first-order chi connectivity index (χ1) is 8.19. The Morgan fingerprint density at radius 3 is 3.12 bits per heavy atom. The van der Waals surface area contributed by atoms with Gasteiger partial charge in [0.25, 0.3) is 5.91 Å². The molecule has 2 aromatic heterocycles. The lowest BCUT2D eigenvalue weighted by Gasteiger charge is -1.98. The fourth-order valence-electron chi connectivity index (χ4n) is 1.37. The summed E-state index contributed by atoms with van der Waals surface area (Å²) in [5, 5.41) is 13.0. The van der Waals surface area contributed by atoms with Crippen LogP contribution in [0.5, 0.6) is 0 Å². The van der Waals surface area contributed by atoms with Crippen molar-refractivity contribution in [2.45, 2.75) is 13.5 Å². The summed E-state index contributed by atoms with van der Waals surface area (Å²) in [6.07, 6.45) is 3.03. The molecule has 0 saturated heterocycles. The Morgan fingerprint density at radius 1 is 1.65 bits per heavy atom. The van der Waals surface area contributed by atoms with Crippen molar-refractivity contribution in [2.75, 3.05) is 12.0 Å². The molecule has 0 saturated carbocycles. The predicted molar refractivity (Wildman–Crippen MR) is 59.5 cm³/mol. The molecule has 17 heavy (non-hydrogen) atoms. The van der Waals surface area contributed by atoms with E-state index in [0.717, 1.165) is 5.69 Å². The summed E-state index contributed by atoms with van der Waals surface area (Å²) in [6.45, 7) is 1.49. The predicted octanol–water partition coefficient (Wildman–Crippen LogP) is 1.14. The van der Waals surface area contributed by atoms with E-state index in [1.807, 2.05) is 6.92 Å². The van der Waals surface area contributed by atoms with Gasteiger partial charge in [0.05, 0.1) is 18.4 Å². The molecule has 0 aromatic carbocycles. The Hall–Kier alpha value is -2.18. The summed E-state index contributed by atoms with van der Waals surface area (Å²) in [5.41, 5.74) is 1.63. The Balaban J connectivity index is 2.02. The molecule has 2 rings (SSSR count). The highest BCUT2D eigenvalue weighted by Gasteiger charge is 2.10. The van der Waals surface area contributed by atoms with Crippen molar-refractivity contribution in [1.29, 1.82) is 0 Å². The van der Waals surface area contributed by atoms with Crippen LogP contribution in [0.4, 0.5) is 10.1 Å². The maximum absolute atomic E-state index is 12.1. The Morgan fingerprint density at radius 2 is 2.47 bits per heavy atom. The quantitative estimate of drug-likeness (QED) is 0.837. The summed E-state index contributed by atoms with van der Waals surface area (Å²) >= 11 is 0. The third-order valence-corrected chi connectivity index (χ3v) is 2.14. The fraction of sp³-hybridized carbons (Fsp3) is 0.300. The minimum atomic E-state index is -0.492. The Kier molecular flexibility index (Phi) is 3.17. The van der Waals surface area contributed by atoms with Crippen molar-refractivity contribution in [2.24, 2.45) is 0 Å². The number of nitrogens with one attached hydrogen (secondary N) is 2. The van der Waals surface area contributed by atoms with Crippen molar-refractivity contribution in [3.63, 3.8) is 0 Å². The number of carbonyl (C=O) groups is 1. The Bertz CT molecular complexity index is 518. The van der Waals surface area contributed by atoms with E-state index >= 15 is 0 Å². The van der Waals surface area contributed by atoms with Gasteiger partial charge < -0.3 is 5.32 Å². The molecule has 0 bridgehead atoms. The number of aryl methyl sites for hydroxylation is 2. The van der Waals surface area contributed by atoms with Gasteiger partial charge in [-0.2, -0.15) is 10.2 Å². The number of hydrogen-bond acceptors (Lipinski definition) is 3. The van der Waals surface area contributed by atoms with Crippen molar-refractivity contribution in [1.82, 2.24) is 20.0 Å². The lowest BCUT2D eigenvalue weighted by molar-refractivity contribution is 0.102. The van der Waals surface area contributed by atoms with E-state index in [4.69, 9.17) is 0 Å². The zero-order valence-corrected chi connectivity index (χ0v) is 9.27. The first-order valence-electron chi connectivity index (χ1n) is 5.11. The van der Waals surface area contributed by atoms with E-state index in [1.54, 1.807) is 12.3 Å². The van der Waals surface area contributed by atoms with Gasteiger partial charge in [-0.15, -0.1) is 0 Å². The smallest absolute Gasteiger partial charge is 0.276 e. The molecule has 1 amide bonds. The molecular formula is C10H12FN5O. The molecule has 2 N–H and O–H groups in total. The first-order valence-corrected chi connectivity index (χ1v) is 5.11. The average Bonchev–Trinajstić information content (AvgIpc) is 2.88. The van der Waals surface area contributed by atoms with Crippen LogP contribution in [0.1, 0.15) is 16.2 Å². The topological polar surface area (TPSA) is 75.6 Å². The van der Waals surface area contributed by atoms with Gasteiger partial charge in [-0.05, 0) is 13.0 Å². The summed E-state index contributed by atoms with van der Waals surface area (Å²) in [4.78, 5) is 11.7. The maximum Gasteiger partial charge on any atom is 0.276 e. The van der Waals surface area contributed by atoms with E-state index in [2.05, 4.69) is 20.6 Å². The second kappa shape index (κ2) is 4.77. The highest BCUT2D eigenvalue weighted by Crippen LogP contribution is 2.07. The monoisotopic (exact) mass is 237 g/mol. The second-order valence-corrected chi connectivity index (χ2v) is 3.57. The van der Waals surface area contributed by atoms with Crippen LogP contribution >= 0.6 is 0 Å². The van der Waals surface area contributed by atoms with Gasteiger partial charge in [0.2, 0.25) is 0 Å². The van der Waals surface area contributed by atoms with Crippen LogP contribution in [-0.2, 0) is 6.54 Å². The zero-order chi connectivity index (χ0) is 12.3.